The van der Waals surface area contributed by atoms with E-state index in [4.69, 9.17) is 4.74 Å². The topological polar surface area (TPSA) is 106 Å². The molecule has 1 aromatic carbocycles. The molecule has 0 radical (unpaired) electrons. The van der Waals surface area contributed by atoms with Crippen LogP contribution in [0.1, 0.15) is 25.1 Å². The van der Waals surface area contributed by atoms with Gasteiger partial charge in [-0.2, -0.15) is 4.31 Å². The molecule has 0 atom stereocenters. The van der Waals surface area contributed by atoms with Crippen molar-refractivity contribution >= 4 is 32.7 Å². The highest BCUT2D eigenvalue weighted by molar-refractivity contribution is 7.89. The minimum absolute atomic E-state index is 0.160. The fraction of sp³-hybridized carbons (Fsp3) is 0.381. The van der Waals surface area contributed by atoms with E-state index in [9.17, 15) is 13.2 Å². The number of fused-ring (bicyclic) bond motifs is 1. The largest absolute Gasteiger partial charge is 0.466 e. The number of carbonyl (C=O) groups is 1. The molecule has 9 nitrogen and oxygen atoms in total. The second-order valence-corrected chi connectivity index (χ2v) is 9.68. The van der Waals surface area contributed by atoms with Gasteiger partial charge in [0.1, 0.15) is 0 Å². The fourth-order valence-corrected chi connectivity index (χ4v) is 4.50. The number of nitrogens with one attached hydrogen (secondary N) is 1. The van der Waals surface area contributed by atoms with E-state index >= 15 is 0 Å². The summed E-state index contributed by atoms with van der Waals surface area (Å²) in [4.78, 5) is 17.0. The van der Waals surface area contributed by atoms with Crippen LogP contribution in [0.3, 0.4) is 0 Å². The number of aromatic nitrogens is 3. The van der Waals surface area contributed by atoms with Crippen LogP contribution in [0.5, 0.6) is 5.88 Å². The van der Waals surface area contributed by atoms with Crippen molar-refractivity contribution in [1.82, 2.24) is 19.1 Å². The van der Waals surface area contributed by atoms with Crippen LogP contribution in [-0.4, -0.2) is 53.1 Å². The number of hydrogen-bond acceptors (Lipinski definition) is 6. The Morgan fingerprint density at radius 3 is 2.48 bits per heavy atom. The zero-order valence-corrected chi connectivity index (χ0v) is 19.3. The number of pyridine rings is 1. The van der Waals surface area contributed by atoms with Crippen LogP contribution < -0.4 is 10.1 Å². The molecule has 0 aliphatic carbocycles. The summed E-state index contributed by atoms with van der Waals surface area (Å²) in [6.45, 7) is 7.21. The first kappa shape index (κ1) is 22.7. The lowest BCUT2D eigenvalue weighted by Crippen LogP contribution is -2.33. The van der Waals surface area contributed by atoms with Crippen molar-refractivity contribution in [3.05, 3.63) is 41.6 Å². The van der Waals surface area contributed by atoms with Gasteiger partial charge in [-0.05, 0) is 63.6 Å². The molecule has 31 heavy (non-hydrogen) atoms. The molecule has 10 heteroatoms. The van der Waals surface area contributed by atoms with Gasteiger partial charge in [-0.15, -0.1) is 5.10 Å². The van der Waals surface area contributed by atoms with E-state index in [0.29, 0.717) is 17.2 Å². The average Bonchev–Trinajstić information content (AvgIpc) is 3.02. The Bertz CT molecular complexity index is 1220. The summed E-state index contributed by atoms with van der Waals surface area (Å²) >= 11 is 0. The Hall–Kier alpha value is -2.98. The third kappa shape index (κ3) is 4.70. The summed E-state index contributed by atoms with van der Waals surface area (Å²) in [5, 5.41) is 7.79. The van der Waals surface area contributed by atoms with Crippen molar-refractivity contribution in [2.24, 2.45) is 7.05 Å². The fourth-order valence-electron chi connectivity index (χ4n) is 3.14. The monoisotopic (exact) mass is 445 g/mol. The second kappa shape index (κ2) is 8.64. The summed E-state index contributed by atoms with van der Waals surface area (Å²) in [7, 11) is -0.270. The Kier molecular flexibility index (Phi) is 6.33. The molecule has 0 aliphatic rings. The Morgan fingerprint density at radius 1 is 1.23 bits per heavy atom. The van der Waals surface area contributed by atoms with Crippen LogP contribution in [-0.2, 0) is 21.9 Å². The molecular weight excluding hydrogens is 418 g/mol. The number of aryl methyl sites for hydroxylation is 3. The quantitative estimate of drug-likeness (QED) is 0.599. The number of amides is 1. The van der Waals surface area contributed by atoms with Gasteiger partial charge in [-0.3, -0.25) is 4.79 Å². The van der Waals surface area contributed by atoms with Crippen LogP contribution in [0.2, 0.25) is 0 Å². The zero-order valence-electron chi connectivity index (χ0n) is 18.5. The summed E-state index contributed by atoms with van der Waals surface area (Å²) in [6.07, 6.45) is 0. The first-order chi connectivity index (χ1) is 14.5. The van der Waals surface area contributed by atoms with Crippen LogP contribution in [0.15, 0.2) is 35.2 Å². The molecular formula is C21H27N5O4S. The average molecular weight is 446 g/mol. The molecule has 0 bridgehead atoms. The van der Waals surface area contributed by atoms with E-state index in [1.807, 2.05) is 19.9 Å². The van der Waals surface area contributed by atoms with E-state index in [2.05, 4.69) is 15.4 Å². The van der Waals surface area contributed by atoms with E-state index in [-0.39, 0.29) is 23.5 Å². The molecule has 3 aromatic rings. The Labute approximate surface area is 182 Å². The summed E-state index contributed by atoms with van der Waals surface area (Å²) in [6, 6.07) is 7.80. The molecule has 0 fully saturated rings. The van der Waals surface area contributed by atoms with Crippen molar-refractivity contribution in [2.75, 3.05) is 19.0 Å². The SMILES string of the molecule is Cc1cc(C)c2c(OCC(=O)Nc3ccc(S(=O)(=O)N(C)C(C)C)cc3)nn(C)c2n1. The maximum Gasteiger partial charge on any atom is 0.262 e. The standard InChI is InChI=1S/C21H27N5O4S/c1-13(2)26(6)31(28,29)17-9-7-16(8-10-17)23-18(27)12-30-21-19-14(3)11-15(4)22-20(19)25(5)24-21/h7-11,13H,12H2,1-6H3,(H,23,27). The summed E-state index contributed by atoms with van der Waals surface area (Å²) in [5.41, 5.74) is 3.01. The van der Waals surface area contributed by atoms with Gasteiger partial charge in [0, 0.05) is 31.5 Å². The Morgan fingerprint density at radius 2 is 1.87 bits per heavy atom. The van der Waals surface area contributed by atoms with E-state index in [1.165, 1.54) is 23.5 Å². The second-order valence-electron chi connectivity index (χ2n) is 7.68. The van der Waals surface area contributed by atoms with Crippen molar-refractivity contribution in [3.8, 4) is 5.88 Å². The number of sulfonamides is 1. The molecule has 1 amide bonds. The third-order valence-electron chi connectivity index (χ3n) is 4.97. The first-order valence-corrected chi connectivity index (χ1v) is 11.3. The molecule has 0 saturated carbocycles. The van der Waals surface area contributed by atoms with E-state index in [0.717, 1.165) is 16.6 Å². The molecule has 0 saturated heterocycles. The van der Waals surface area contributed by atoms with Crippen molar-refractivity contribution in [1.29, 1.82) is 0 Å². The van der Waals surface area contributed by atoms with Gasteiger partial charge in [-0.1, -0.05) is 0 Å². The number of hydrogen-bond donors (Lipinski definition) is 1. The Balaban J connectivity index is 1.68. The van der Waals surface area contributed by atoms with E-state index in [1.54, 1.807) is 37.7 Å². The van der Waals surface area contributed by atoms with Crippen molar-refractivity contribution in [2.45, 2.75) is 38.6 Å². The number of anilines is 1. The zero-order chi connectivity index (χ0) is 22.9. The van der Waals surface area contributed by atoms with Crippen LogP contribution in [0.4, 0.5) is 5.69 Å². The smallest absolute Gasteiger partial charge is 0.262 e. The molecule has 166 valence electrons. The third-order valence-corrected chi connectivity index (χ3v) is 7.02. The predicted octanol–water partition coefficient (Wildman–Crippen LogP) is 2.63. The van der Waals surface area contributed by atoms with E-state index < -0.39 is 10.0 Å². The highest BCUT2D eigenvalue weighted by atomic mass is 32.2. The lowest BCUT2D eigenvalue weighted by atomic mass is 10.2. The number of rotatable bonds is 7. The molecule has 0 unspecified atom stereocenters. The summed E-state index contributed by atoms with van der Waals surface area (Å²) < 4.78 is 33.6. The van der Waals surface area contributed by atoms with Gasteiger partial charge < -0.3 is 10.1 Å². The molecule has 1 N–H and O–H groups in total. The number of benzene rings is 1. The molecule has 2 heterocycles. The highest BCUT2D eigenvalue weighted by Crippen LogP contribution is 2.27. The highest BCUT2D eigenvalue weighted by Gasteiger charge is 2.23. The van der Waals surface area contributed by atoms with Gasteiger partial charge in [0.15, 0.2) is 12.3 Å². The minimum atomic E-state index is -3.58. The molecule has 0 spiro atoms. The molecule has 3 rings (SSSR count). The maximum absolute atomic E-state index is 12.5. The van der Waals surface area contributed by atoms with Gasteiger partial charge in [-0.25, -0.2) is 18.1 Å². The normalized spacial score (nSPS) is 12.0. The van der Waals surface area contributed by atoms with Crippen LogP contribution in [0, 0.1) is 13.8 Å². The number of ether oxygens (including phenoxy) is 1. The number of carbonyl (C=O) groups excluding carboxylic acids is 1. The predicted molar refractivity (Wildman–Crippen MR) is 119 cm³/mol. The lowest BCUT2D eigenvalue weighted by molar-refractivity contribution is -0.118. The minimum Gasteiger partial charge on any atom is -0.466 e. The summed E-state index contributed by atoms with van der Waals surface area (Å²) in [5.74, 6) is -0.0396. The van der Waals surface area contributed by atoms with Gasteiger partial charge in [0.05, 0.1) is 10.3 Å². The maximum atomic E-state index is 12.5. The van der Waals surface area contributed by atoms with Gasteiger partial charge in [0.2, 0.25) is 15.9 Å². The first-order valence-electron chi connectivity index (χ1n) is 9.82. The van der Waals surface area contributed by atoms with Gasteiger partial charge >= 0.3 is 0 Å². The van der Waals surface area contributed by atoms with Crippen molar-refractivity contribution < 1.29 is 17.9 Å². The molecule has 2 aromatic heterocycles. The molecule has 0 aliphatic heterocycles. The number of nitrogens with zero attached hydrogens (tertiary/aromatic N) is 4. The van der Waals surface area contributed by atoms with Gasteiger partial charge in [0.25, 0.3) is 5.91 Å². The van der Waals surface area contributed by atoms with Crippen LogP contribution >= 0.6 is 0 Å². The van der Waals surface area contributed by atoms with Crippen molar-refractivity contribution in [3.63, 3.8) is 0 Å². The van der Waals surface area contributed by atoms with Crippen LogP contribution in [0.25, 0.3) is 11.0 Å². The lowest BCUT2D eigenvalue weighted by Gasteiger charge is -2.21.